The molecule has 1 saturated heterocycles. The summed E-state index contributed by atoms with van der Waals surface area (Å²) in [7, 11) is 0. The third kappa shape index (κ3) is 3.89. The van der Waals surface area contributed by atoms with Crippen LogP contribution in [0.2, 0.25) is 0 Å². The number of aryl methyl sites for hydroxylation is 1. The van der Waals surface area contributed by atoms with Crippen molar-refractivity contribution in [1.29, 1.82) is 0 Å². The molecule has 1 amide bonds. The quantitative estimate of drug-likeness (QED) is 0.939. The second kappa shape index (κ2) is 6.82. The number of phenolic OH excluding ortho intramolecular Hbond substituents is 1. The Morgan fingerprint density at radius 2 is 1.83 bits per heavy atom. The average Bonchev–Trinajstić information content (AvgIpc) is 3.05. The summed E-state index contributed by atoms with van der Waals surface area (Å²) in [5.74, 6) is 0.464. The number of carbonyl (C=O) groups excluding carboxylic acids is 1. The number of benzene rings is 2. The first-order chi connectivity index (χ1) is 11.1. The molecule has 0 unspecified atom stereocenters. The Balaban J connectivity index is 1.53. The monoisotopic (exact) mass is 313 g/mol. The van der Waals surface area contributed by atoms with Crippen molar-refractivity contribution in [1.82, 2.24) is 4.90 Å². The highest BCUT2D eigenvalue weighted by atomic mass is 19.1. The Bertz CT molecular complexity index is 667. The summed E-state index contributed by atoms with van der Waals surface area (Å²) < 4.78 is 13.0. The highest BCUT2D eigenvalue weighted by molar-refractivity contribution is 5.76. The van der Waals surface area contributed by atoms with E-state index in [1.807, 2.05) is 29.2 Å². The highest BCUT2D eigenvalue weighted by Gasteiger charge is 2.26. The van der Waals surface area contributed by atoms with Crippen molar-refractivity contribution in [2.45, 2.75) is 25.2 Å². The summed E-state index contributed by atoms with van der Waals surface area (Å²) in [4.78, 5) is 14.2. The van der Waals surface area contributed by atoms with Gasteiger partial charge in [0.1, 0.15) is 11.6 Å². The molecular formula is C19H20FNO2. The largest absolute Gasteiger partial charge is 0.508 e. The van der Waals surface area contributed by atoms with Gasteiger partial charge in [0.15, 0.2) is 0 Å². The van der Waals surface area contributed by atoms with Crippen LogP contribution < -0.4 is 0 Å². The van der Waals surface area contributed by atoms with Gasteiger partial charge in [0.05, 0.1) is 0 Å². The lowest BCUT2D eigenvalue weighted by molar-refractivity contribution is -0.130. The highest BCUT2D eigenvalue weighted by Crippen LogP contribution is 2.27. The van der Waals surface area contributed by atoms with Crippen LogP contribution in [-0.4, -0.2) is 29.0 Å². The number of likely N-dealkylation sites (tertiary alicyclic amines) is 1. The zero-order valence-electron chi connectivity index (χ0n) is 12.9. The van der Waals surface area contributed by atoms with Gasteiger partial charge in [0, 0.05) is 25.4 Å². The fraction of sp³-hybridized carbons (Fsp3) is 0.316. The van der Waals surface area contributed by atoms with E-state index in [1.54, 1.807) is 12.1 Å². The minimum absolute atomic E-state index is 0.155. The van der Waals surface area contributed by atoms with Crippen LogP contribution in [0.5, 0.6) is 5.75 Å². The molecule has 3 nitrogen and oxygen atoms in total. The van der Waals surface area contributed by atoms with Gasteiger partial charge in [-0.05, 0) is 48.2 Å². The second-order valence-corrected chi connectivity index (χ2v) is 6.04. The van der Waals surface area contributed by atoms with E-state index in [0.29, 0.717) is 25.3 Å². The zero-order valence-corrected chi connectivity index (χ0v) is 12.9. The molecule has 120 valence electrons. The summed E-state index contributed by atoms with van der Waals surface area (Å²) in [5.41, 5.74) is 2.14. The Labute approximate surface area is 135 Å². The van der Waals surface area contributed by atoms with Gasteiger partial charge in [0.25, 0.3) is 0 Å². The number of nitrogens with zero attached hydrogens (tertiary/aromatic N) is 1. The molecule has 1 aliphatic heterocycles. The van der Waals surface area contributed by atoms with E-state index >= 15 is 0 Å². The predicted molar refractivity (Wildman–Crippen MR) is 86.8 cm³/mol. The van der Waals surface area contributed by atoms with Gasteiger partial charge in [-0.25, -0.2) is 4.39 Å². The van der Waals surface area contributed by atoms with Crippen LogP contribution in [0, 0.1) is 5.82 Å². The Morgan fingerprint density at radius 1 is 1.13 bits per heavy atom. The summed E-state index contributed by atoms with van der Waals surface area (Å²) in [6.45, 7) is 1.47. The van der Waals surface area contributed by atoms with E-state index in [1.165, 1.54) is 12.1 Å². The molecule has 0 aliphatic carbocycles. The molecule has 0 spiro atoms. The van der Waals surface area contributed by atoms with Gasteiger partial charge in [-0.1, -0.05) is 24.3 Å². The summed E-state index contributed by atoms with van der Waals surface area (Å²) in [6, 6.07) is 13.5. The molecule has 1 fully saturated rings. The van der Waals surface area contributed by atoms with Crippen LogP contribution >= 0.6 is 0 Å². The van der Waals surface area contributed by atoms with Crippen molar-refractivity contribution in [3.05, 3.63) is 65.5 Å². The van der Waals surface area contributed by atoms with Crippen LogP contribution in [-0.2, 0) is 11.2 Å². The molecule has 1 N–H and O–H groups in total. The molecule has 2 aromatic carbocycles. The lowest BCUT2D eigenvalue weighted by Crippen LogP contribution is -2.28. The molecular weight excluding hydrogens is 293 g/mol. The maximum absolute atomic E-state index is 13.0. The van der Waals surface area contributed by atoms with E-state index in [2.05, 4.69) is 0 Å². The Kier molecular flexibility index (Phi) is 4.60. The maximum Gasteiger partial charge on any atom is 0.222 e. The minimum Gasteiger partial charge on any atom is -0.508 e. The van der Waals surface area contributed by atoms with Gasteiger partial charge in [-0.15, -0.1) is 0 Å². The molecule has 0 radical (unpaired) electrons. The summed E-state index contributed by atoms with van der Waals surface area (Å²) in [5, 5.41) is 9.26. The predicted octanol–water partition coefficient (Wildman–Crippen LogP) is 3.48. The Morgan fingerprint density at radius 3 is 2.52 bits per heavy atom. The van der Waals surface area contributed by atoms with Crippen molar-refractivity contribution >= 4 is 5.91 Å². The van der Waals surface area contributed by atoms with Crippen molar-refractivity contribution in [2.75, 3.05) is 13.1 Å². The first kappa shape index (κ1) is 15.5. The molecule has 2 aromatic rings. The molecule has 0 aromatic heterocycles. The van der Waals surface area contributed by atoms with Crippen molar-refractivity contribution < 1.29 is 14.3 Å². The summed E-state index contributed by atoms with van der Waals surface area (Å²) >= 11 is 0. The number of halogens is 1. The smallest absolute Gasteiger partial charge is 0.222 e. The second-order valence-electron chi connectivity index (χ2n) is 6.04. The number of rotatable bonds is 4. The normalized spacial score (nSPS) is 17.4. The number of hydrogen-bond donors (Lipinski definition) is 1. The molecule has 3 rings (SSSR count). The van der Waals surface area contributed by atoms with Gasteiger partial charge in [-0.3, -0.25) is 4.79 Å². The standard InChI is InChI=1S/C19H20FNO2/c20-17-6-4-15(5-7-17)16-11-12-21(13-16)19(23)10-3-14-1-8-18(22)9-2-14/h1-2,4-9,16,22H,3,10-13H2/t16-/m1/s1. The van der Waals surface area contributed by atoms with Crippen LogP contribution in [0.3, 0.4) is 0 Å². The molecule has 0 saturated carbocycles. The van der Waals surface area contributed by atoms with E-state index in [0.717, 1.165) is 24.1 Å². The van der Waals surface area contributed by atoms with Crippen LogP contribution in [0.25, 0.3) is 0 Å². The fourth-order valence-electron chi connectivity index (χ4n) is 3.07. The summed E-state index contributed by atoms with van der Waals surface area (Å²) in [6.07, 6.45) is 2.08. The first-order valence-corrected chi connectivity index (χ1v) is 7.93. The lowest BCUT2D eigenvalue weighted by atomic mass is 9.99. The molecule has 4 heteroatoms. The number of amides is 1. The SMILES string of the molecule is O=C(CCc1ccc(O)cc1)N1CC[C@@H](c2ccc(F)cc2)C1. The van der Waals surface area contributed by atoms with Crippen molar-refractivity contribution in [3.63, 3.8) is 0 Å². The van der Waals surface area contributed by atoms with Gasteiger partial charge >= 0.3 is 0 Å². The number of hydrogen-bond acceptors (Lipinski definition) is 2. The van der Waals surface area contributed by atoms with Crippen LogP contribution in [0.1, 0.15) is 29.9 Å². The van der Waals surface area contributed by atoms with Gasteiger partial charge in [0.2, 0.25) is 5.91 Å². The van der Waals surface area contributed by atoms with Crippen LogP contribution in [0.4, 0.5) is 4.39 Å². The van der Waals surface area contributed by atoms with Gasteiger partial charge in [-0.2, -0.15) is 0 Å². The topological polar surface area (TPSA) is 40.5 Å². The van der Waals surface area contributed by atoms with Crippen LogP contribution in [0.15, 0.2) is 48.5 Å². The number of carbonyl (C=O) groups is 1. The third-order valence-electron chi connectivity index (χ3n) is 4.45. The Hall–Kier alpha value is -2.36. The molecule has 0 bridgehead atoms. The first-order valence-electron chi connectivity index (χ1n) is 7.93. The molecule has 1 aliphatic rings. The lowest BCUT2D eigenvalue weighted by Gasteiger charge is -2.17. The van der Waals surface area contributed by atoms with E-state index in [4.69, 9.17) is 0 Å². The van der Waals surface area contributed by atoms with Crippen molar-refractivity contribution in [2.24, 2.45) is 0 Å². The number of phenols is 1. The van der Waals surface area contributed by atoms with E-state index in [-0.39, 0.29) is 17.5 Å². The van der Waals surface area contributed by atoms with E-state index < -0.39 is 0 Å². The molecule has 1 atom stereocenters. The minimum atomic E-state index is -0.228. The molecule has 23 heavy (non-hydrogen) atoms. The van der Waals surface area contributed by atoms with Gasteiger partial charge < -0.3 is 10.0 Å². The zero-order chi connectivity index (χ0) is 16.2. The number of aromatic hydroxyl groups is 1. The third-order valence-corrected chi connectivity index (χ3v) is 4.45. The molecule has 1 heterocycles. The van der Waals surface area contributed by atoms with Crippen molar-refractivity contribution in [3.8, 4) is 5.75 Å². The average molecular weight is 313 g/mol. The fourth-order valence-corrected chi connectivity index (χ4v) is 3.07. The van der Waals surface area contributed by atoms with E-state index in [9.17, 15) is 14.3 Å². The maximum atomic E-state index is 13.0.